The number of ether oxygens (including phenoxy) is 1. The van der Waals surface area contributed by atoms with Crippen molar-refractivity contribution in [2.75, 3.05) is 6.61 Å². The lowest BCUT2D eigenvalue weighted by Crippen LogP contribution is -2.14. The van der Waals surface area contributed by atoms with Crippen molar-refractivity contribution in [1.82, 2.24) is 19.9 Å². The Kier molecular flexibility index (Phi) is 7.83. The highest BCUT2D eigenvalue weighted by Gasteiger charge is 2.41. The Labute approximate surface area is 262 Å². The smallest absolute Gasteiger partial charge is 0.305 e. The molecule has 4 aliphatic rings. The number of ketones is 3. The normalized spacial score (nSPS) is 21.4. The van der Waals surface area contributed by atoms with Crippen molar-refractivity contribution in [2.24, 2.45) is 0 Å². The molecular weight excluding hydrogens is 568 g/mol. The molecule has 0 radical (unpaired) electrons. The van der Waals surface area contributed by atoms with Gasteiger partial charge in [-0.25, -0.2) is 4.98 Å². The number of H-pyrrole nitrogens is 2. The molecule has 0 aromatic carbocycles. The Morgan fingerprint density at radius 3 is 2.31 bits per heavy atom. The maximum Gasteiger partial charge on any atom is 0.305 e. The van der Waals surface area contributed by atoms with Crippen LogP contribution in [-0.2, 0) is 14.3 Å². The van der Waals surface area contributed by atoms with Gasteiger partial charge in [-0.1, -0.05) is 27.7 Å². The number of aryl methyl sites for hydroxylation is 1. The van der Waals surface area contributed by atoms with Crippen molar-refractivity contribution in [2.45, 2.75) is 97.8 Å². The van der Waals surface area contributed by atoms with Crippen LogP contribution in [0.5, 0.6) is 0 Å². The summed E-state index contributed by atoms with van der Waals surface area (Å²) in [5.74, 6) is -1.66. The van der Waals surface area contributed by atoms with Gasteiger partial charge in [-0.05, 0) is 69.4 Å². The summed E-state index contributed by atoms with van der Waals surface area (Å²) in [6.45, 7) is 13.9. The zero-order valence-corrected chi connectivity index (χ0v) is 27.0. The second-order valence-corrected chi connectivity index (χ2v) is 12.7. The Bertz CT molecular complexity index is 1890. The number of esters is 1. The molecule has 8 bridgehead atoms. The molecule has 45 heavy (non-hydrogen) atoms. The molecule has 9 nitrogen and oxygen atoms in total. The summed E-state index contributed by atoms with van der Waals surface area (Å²) < 4.78 is 5.34. The van der Waals surface area contributed by atoms with E-state index in [1.54, 1.807) is 6.92 Å². The van der Waals surface area contributed by atoms with E-state index >= 15 is 0 Å². The van der Waals surface area contributed by atoms with Gasteiger partial charge in [0.25, 0.3) is 0 Å². The van der Waals surface area contributed by atoms with Crippen molar-refractivity contribution in [3.05, 3.63) is 69.1 Å². The molecule has 6 rings (SSSR count). The number of aromatic nitrogens is 4. The largest absolute Gasteiger partial charge is 0.466 e. The topological polar surface area (TPSA) is 135 Å². The van der Waals surface area contributed by atoms with E-state index in [0.717, 1.165) is 40.9 Å². The second kappa shape index (κ2) is 11.5. The first-order valence-corrected chi connectivity index (χ1v) is 16.0. The molecule has 0 saturated heterocycles. The van der Waals surface area contributed by atoms with Crippen LogP contribution in [0.15, 0.2) is 18.2 Å². The maximum atomic E-state index is 13.7. The maximum absolute atomic E-state index is 13.7. The molecule has 5 heterocycles. The summed E-state index contributed by atoms with van der Waals surface area (Å²) in [6.07, 6.45) is 2.17. The number of rotatable bonds is 7. The molecule has 3 aliphatic heterocycles. The van der Waals surface area contributed by atoms with Gasteiger partial charge in [0.15, 0.2) is 5.78 Å². The van der Waals surface area contributed by atoms with Crippen molar-refractivity contribution in [3.63, 3.8) is 0 Å². The number of fused-ring (bicyclic) bond motifs is 8. The van der Waals surface area contributed by atoms with Crippen LogP contribution in [0.2, 0.25) is 0 Å². The van der Waals surface area contributed by atoms with Gasteiger partial charge in [-0.15, -0.1) is 0 Å². The third-order valence-corrected chi connectivity index (χ3v) is 9.96. The third-order valence-electron chi connectivity index (χ3n) is 9.96. The average molecular weight is 609 g/mol. The summed E-state index contributed by atoms with van der Waals surface area (Å²) >= 11 is 0. The molecule has 4 atom stereocenters. The van der Waals surface area contributed by atoms with Crippen molar-refractivity contribution < 1.29 is 23.9 Å². The van der Waals surface area contributed by atoms with E-state index in [-0.39, 0.29) is 47.4 Å². The summed E-state index contributed by atoms with van der Waals surface area (Å²) in [5, 5.41) is 0. The van der Waals surface area contributed by atoms with Crippen LogP contribution < -0.4 is 0 Å². The predicted molar refractivity (Wildman–Crippen MR) is 172 cm³/mol. The van der Waals surface area contributed by atoms with Crippen LogP contribution in [0, 0.1) is 6.92 Å². The molecule has 2 N–H and O–H groups in total. The Balaban J connectivity index is 1.68. The molecular formula is C36H40N4O5. The Morgan fingerprint density at radius 2 is 1.62 bits per heavy atom. The summed E-state index contributed by atoms with van der Waals surface area (Å²) in [7, 11) is 0. The van der Waals surface area contributed by atoms with Crippen LogP contribution >= 0.6 is 0 Å². The van der Waals surface area contributed by atoms with E-state index in [0.29, 0.717) is 52.5 Å². The van der Waals surface area contributed by atoms with E-state index in [4.69, 9.17) is 14.7 Å². The second-order valence-electron chi connectivity index (χ2n) is 12.7. The highest BCUT2D eigenvalue weighted by Crippen LogP contribution is 2.45. The highest BCUT2D eigenvalue weighted by atomic mass is 16.5. The van der Waals surface area contributed by atoms with Crippen LogP contribution in [0.4, 0.5) is 0 Å². The van der Waals surface area contributed by atoms with Crippen LogP contribution in [0.3, 0.4) is 0 Å². The molecule has 1 aliphatic carbocycles. The van der Waals surface area contributed by atoms with Gasteiger partial charge in [0.1, 0.15) is 0 Å². The molecule has 2 aromatic rings. The minimum atomic E-state index is -0.585. The molecule has 0 saturated carbocycles. The first kappa shape index (κ1) is 30.6. The lowest BCUT2D eigenvalue weighted by atomic mass is 9.85. The first-order chi connectivity index (χ1) is 21.5. The lowest BCUT2D eigenvalue weighted by Gasteiger charge is -2.16. The number of Topliss-reactive ketones (excluding diaryl/α,β-unsaturated/α-hetero) is 3. The predicted octanol–water partition coefficient (Wildman–Crippen LogP) is 7.16. The first-order valence-electron chi connectivity index (χ1n) is 16.0. The van der Waals surface area contributed by atoms with Gasteiger partial charge >= 0.3 is 5.97 Å². The van der Waals surface area contributed by atoms with Gasteiger partial charge < -0.3 is 14.7 Å². The van der Waals surface area contributed by atoms with Gasteiger partial charge in [0, 0.05) is 58.3 Å². The van der Waals surface area contributed by atoms with Crippen molar-refractivity contribution in [3.8, 4) is 0 Å². The SMILES string of the molecule is CCCOC(=O)CC[C@@H]1c2nc(cc3nc(cc4[nH]c(cc5[nH]c6c2C(=O)C(=O)c6c5C)[C@H](CC)[C@H]4C)C(C(C)=O)=C3C)[C@H]1C. The molecule has 234 valence electrons. The molecule has 0 amide bonds. The number of carbonyl (C=O) groups excluding carboxylic acids is 4. The van der Waals surface area contributed by atoms with Gasteiger partial charge in [0.05, 0.1) is 40.3 Å². The van der Waals surface area contributed by atoms with E-state index in [1.165, 1.54) is 0 Å². The van der Waals surface area contributed by atoms with E-state index < -0.39 is 11.6 Å². The van der Waals surface area contributed by atoms with Gasteiger partial charge in [0.2, 0.25) is 11.6 Å². The molecule has 9 heteroatoms. The van der Waals surface area contributed by atoms with E-state index in [1.807, 2.05) is 45.9 Å². The van der Waals surface area contributed by atoms with Crippen LogP contribution in [0.25, 0.3) is 22.2 Å². The third kappa shape index (κ3) is 4.93. The quantitative estimate of drug-likeness (QED) is 0.251. The fourth-order valence-corrected chi connectivity index (χ4v) is 7.40. The summed E-state index contributed by atoms with van der Waals surface area (Å²) in [6, 6.07) is 5.90. The number of nitrogens with one attached hydrogen (secondary N) is 2. The number of nitrogens with zero attached hydrogens (tertiary/aromatic N) is 2. The average Bonchev–Trinajstić information content (AvgIpc) is 3.72. The number of hydrogen-bond donors (Lipinski definition) is 2. The number of hydrogen-bond acceptors (Lipinski definition) is 7. The molecule has 0 fully saturated rings. The Morgan fingerprint density at radius 1 is 0.889 bits per heavy atom. The number of allylic oxidation sites excluding steroid dienone is 2. The fourth-order valence-electron chi connectivity index (χ4n) is 7.40. The molecule has 2 aromatic heterocycles. The van der Waals surface area contributed by atoms with Crippen molar-refractivity contribution >= 4 is 45.5 Å². The standard InChI is InChI=1S/C36H40N4O5/c1-8-12-45-29(42)11-10-22-17(4)24-13-25-18(5)30(20(7)41)28(38-25)15-23-16(3)21(9-2)27(37-23)14-26-19(6)31-34(40-26)32(33(22)39-24)36(44)35(31)43/h13-17,21-22,37,40H,8-12H2,1-7H3/t16-,17+,21-,22+/m1/s1. The fraction of sp³-hybridized carbons (Fsp3) is 0.444. The number of carbonyl (C=O) groups is 4. The molecule has 0 unspecified atom stereocenters. The summed E-state index contributed by atoms with van der Waals surface area (Å²) in [4.78, 5) is 69.6. The van der Waals surface area contributed by atoms with Gasteiger partial charge in [-0.3, -0.25) is 24.2 Å². The Hall–Kier alpha value is -4.40. The summed E-state index contributed by atoms with van der Waals surface area (Å²) in [5.41, 5.74) is 8.37. The van der Waals surface area contributed by atoms with Crippen LogP contribution in [-0.4, -0.2) is 49.9 Å². The lowest BCUT2D eigenvalue weighted by molar-refractivity contribution is -0.143. The minimum absolute atomic E-state index is 0.0672. The van der Waals surface area contributed by atoms with Crippen molar-refractivity contribution in [1.29, 1.82) is 0 Å². The van der Waals surface area contributed by atoms with Gasteiger partial charge in [-0.2, -0.15) is 0 Å². The minimum Gasteiger partial charge on any atom is -0.466 e. The highest BCUT2D eigenvalue weighted by molar-refractivity contribution is 6.56. The molecule has 0 spiro atoms. The van der Waals surface area contributed by atoms with E-state index in [9.17, 15) is 19.2 Å². The zero-order valence-electron chi connectivity index (χ0n) is 27.0. The monoisotopic (exact) mass is 608 g/mol. The van der Waals surface area contributed by atoms with E-state index in [2.05, 4.69) is 23.8 Å². The number of aromatic amines is 2. The zero-order chi connectivity index (χ0) is 32.3. The van der Waals surface area contributed by atoms with Crippen LogP contribution in [0.1, 0.15) is 151 Å².